The van der Waals surface area contributed by atoms with E-state index in [2.05, 4.69) is 10.3 Å². The number of halogens is 1. The molecule has 3 rings (SSSR count). The van der Waals surface area contributed by atoms with E-state index in [-0.39, 0.29) is 11.8 Å². The summed E-state index contributed by atoms with van der Waals surface area (Å²) in [7, 11) is 0. The number of amides is 1. The van der Waals surface area contributed by atoms with E-state index in [1.54, 1.807) is 36.4 Å². The number of carbonyl (C=O) groups excluding carboxylic acids is 2. The molecule has 7 nitrogen and oxygen atoms in total. The summed E-state index contributed by atoms with van der Waals surface area (Å²) >= 11 is 5.83. The van der Waals surface area contributed by atoms with Gasteiger partial charge in [0.15, 0.2) is 23.3 Å². The third-order valence-corrected chi connectivity index (χ3v) is 3.45. The first-order valence-electron chi connectivity index (χ1n) is 7.09. The molecule has 0 saturated carbocycles. The Labute approximate surface area is 142 Å². The van der Waals surface area contributed by atoms with Crippen molar-refractivity contribution in [2.24, 2.45) is 0 Å². The Bertz CT molecular complexity index is 768. The number of carbonyl (C=O) groups is 2. The lowest BCUT2D eigenvalue weighted by Crippen LogP contribution is -2.39. The molecule has 2 heterocycles. The van der Waals surface area contributed by atoms with E-state index in [0.717, 1.165) is 0 Å². The van der Waals surface area contributed by atoms with Gasteiger partial charge in [0.05, 0.1) is 5.69 Å². The predicted molar refractivity (Wildman–Crippen MR) is 85.2 cm³/mol. The van der Waals surface area contributed by atoms with Gasteiger partial charge in [-0.05, 0) is 24.3 Å². The number of pyridine rings is 1. The zero-order valence-corrected chi connectivity index (χ0v) is 13.2. The molecule has 1 atom stereocenters. The van der Waals surface area contributed by atoms with Crippen molar-refractivity contribution in [2.75, 3.05) is 18.5 Å². The summed E-state index contributed by atoms with van der Waals surface area (Å²) in [6.45, 7) is -0.447. The molecule has 8 heteroatoms. The summed E-state index contributed by atoms with van der Waals surface area (Å²) in [4.78, 5) is 27.6. The lowest BCUT2D eigenvalue weighted by atomic mass is 10.2. The molecule has 0 aliphatic carbocycles. The van der Waals surface area contributed by atoms with Crippen molar-refractivity contribution < 1.29 is 23.8 Å². The third kappa shape index (κ3) is 3.75. The zero-order valence-electron chi connectivity index (χ0n) is 12.4. The Balaban J connectivity index is 1.51. The minimum absolute atomic E-state index is 0.0197. The van der Waals surface area contributed by atoms with Crippen molar-refractivity contribution in [1.29, 1.82) is 0 Å². The van der Waals surface area contributed by atoms with Gasteiger partial charge in [-0.2, -0.15) is 0 Å². The molecule has 1 aliphatic heterocycles. The average Bonchev–Trinajstić information content (AvgIpc) is 2.61. The number of hydrogen-bond acceptors (Lipinski definition) is 6. The van der Waals surface area contributed by atoms with Crippen molar-refractivity contribution in [3.63, 3.8) is 0 Å². The fourth-order valence-corrected chi connectivity index (χ4v) is 2.20. The maximum absolute atomic E-state index is 12.0. The molecule has 0 radical (unpaired) electrons. The second kappa shape index (κ2) is 7.18. The smallest absolute Gasteiger partial charge is 0.351 e. The van der Waals surface area contributed by atoms with Gasteiger partial charge in [-0.1, -0.05) is 23.7 Å². The molecule has 0 saturated heterocycles. The fraction of sp³-hybridized carbons (Fsp3) is 0.188. The summed E-state index contributed by atoms with van der Waals surface area (Å²) in [6, 6.07) is 10.2. The van der Waals surface area contributed by atoms with Crippen LogP contribution in [0.3, 0.4) is 0 Å². The normalized spacial score (nSPS) is 15.5. The monoisotopic (exact) mass is 348 g/mol. The first kappa shape index (κ1) is 16.1. The lowest BCUT2D eigenvalue weighted by Gasteiger charge is -2.24. The molecule has 1 amide bonds. The Morgan fingerprint density at radius 1 is 1.25 bits per heavy atom. The van der Waals surface area contributed by atoms with Gasteiger partial charge in [0.1, 0.15) is 6.61 Å². The molecule has 0 fully saturated rings. The van der Waals surface area contributed by atoms with Crippen molar-refractivity contribution in [3.8, 4) is 11.5 Å². The number of rotatable bonds is 4. The maximum atomic E-state index is 12.0. The number of fused-ring (bicyclic) bond motifs is 1. The van der Waals surface area contributed by atoms with Gasteiger partial charge in [-0.25, -0.2) is 9.78 Å². The van der Waals surface area contributed by atoms with E-state index in [1.165, 1.54) is 6.20 Å². The number of hydrogen-bond donors (Lipinski definition) is 1. The lowest BCUT2D eigenvalue weighted by molar-refractivity contribution is -0.156. The number of para-hydroxylation sites is 2. The summed E-state index contributed by atoms with van der Waals surface area (Å²) < 4.78 is 15.9. The Morgan fingerprint density at radius 3 is 2.83 bits per heavy atom. The van der Waals surface area contributed by atoms with Gasteiger partial charge in [0.25, 0.3) is 5.91 Å². The Kier molecular flexibility index (Phi) is 4.81. The number of anilines is 1. The van der Waals surface area contributed by atoms with Crippen LogP contribution in [0.5, 0.6) is 11.5 Å². The zero-order chi connectivity index (χ0) is 16.9. The molecule has 0 unspecified atom stereocenters. The molecule has 124 valence electrons. The van der Waals surface area contributed by atoms with Gasteiger partial charge in [-0.15, -0.1) is 0 Å². The van der Waals surface area contributed by atoms with Crippen molar-refractivity contribution in [1.82, 2.24) is 4.98 Å². The van der Waals surface area contributed by atoms with Crippen LogP contribution in [-0.4, -0.2) is 36.2 Å². The molecule has 0 bridgehead atoms. The quantitative estimate of drug-likeness (QED) is 0.672. The van der Waals surface area contributed by atoms with Crippen LogP contribution >= 0.6 is 11.6 Å². The fourth-order valence-electron chi connectivity index (χ4n) is 2.03. The second-order valence-electron chi connectivity index (χ2n) is 4.86. The molecule has 2 aromatic rings. The van der Waals surface area contributed by atoms with Gasteiger partial charge < -0.3 is 19.5 Å². The SMILES string of the molecule is O=C(COC(=O)[C@@H]1COc2ccccc2O1)Nc1cccnc1Cl. The van der Waals surface area contributed by atoms with Crippen molar-refractivity contribution >= 4 is 29.2 Å². The van der Waals surface area contributed by atoms with Crippen LogP contribution in [0.2, 0.25) is 5.15 Å². The first-order valence-corrected chi connectivity index (χ1v) is 7.47. The van der Waals surface area contributed by atoms with Crippen molar-refractivity contribution in [2.45, 2.75) is 6.10 Å². The van der Waals surface area contributed by atoms with Crippen LogP contribution < -0.4 is 14.8 Å². The molecule has 1 aliphatic rings. The molecule has 1 aromatic heterocycles. The van der Waals surface area contributed by atoms with E-state index in [0.29, 0.717) is 17.2 Å². The highest BCUT2D eigenvalue weighted by Crippen LogP contribution is 2.31. The molecule has 1 aromatic carbocycles. The number of nitrogens with one attached hydrogen (secondary N) is 1. The number of esters is 1. The Hall–Kier alpha value is -2.80. The minimum Gasteiger partial charge on any atom is -0.485 e. The van der Waals surface area contributed by atoms with Crippen LogP contribution in [0, 0.1) is 0 Å². The van der Waals surface area contributed by atoms with Gasteiger partial charge in [0.2, 0.25) is 6.10 Å². The largest absolute Gasteiger partial charge is 0.485 e. The van der Waals surface area contributed by atoms with Gasteiger partial charge in [-0.3, -0.25) is 4.79 Å². The van der Waals surface area contributed by atoms with Crippen LogP contribution in [-0.2, 0) is 14.3 Å². The highest BCUT2D eigenvalue weighted by Gasteiger charge is 2.29. The summed E-state index contributed by atoms with van der Waals surface area (Å²) in [6.07, 6.45) is 0.575. The summed E-state index contributed by atoms with van der Waals surface area (Å²) in [5.41, 5.74) is 0.339. The van der Waals surface area contributed by atoms with Crippen LogP contribution in [0.15, 0.2) is 42.6 Å². The molecular formula is C16H13ClN2O5. The van der Waals surface area contributed by atoms with E-state index in [4.69, 9.17) is 25.8 Å². The molecule has 0 spiro atoms. The van der Waals surface area contributed by atoms with Crippen molar-refractivity contribution in [3.05, 3.63) is 47.7 Å². The summed E-state index contributed by atoms with van der Waals surface area (Å²) in [5, 5.41) is 2.65. The minimum atomic E-state index is -0.922. The van der Waals surface area contributed by atoms with Crippen LogP contribution in [0.4, 0.5) is 5.69 Å². The van der Waals surface area contributed by atoms with E-state index in [1.807, 2.05) is 0 Å². The van der Waals surface area contributed by atoms with E-state index >= 15 is 0 Å². The van der Waals surface area contributed by atoms with Gasteiger partial charge in [0, 0.05) is 6.20 Å². The molecule has 24 heavy (non-hydrogen) atoms. The third-order valence-electron chi connectivity index (χ3n) is 3.15. The predicted octanol–water partition coefficient (Wildman–Crippen LogP) is 2.06. The number of nitrogens with zero attached hydrogens (tertiary/aromatic N) is 1. The second-order valence-corrected chi connectivity index (χ2v) is 5.22. The Morgan fingerprint density at radius 2 is 2.04 bits per heavy atom. The number of aromatic nitrogens is 1. The average molecular weight is 349 g/mol. The maximum Gasteiger partial charge on any atom is 0.351 e. The highest BCUT2D eigenvalue weighted by molar-refractivity contribution is 6.32. The van der Waals surface area contributed by atoms with E-state index in [9.17, 15) is 9.59 Å². The van der Waals surface area contributed by atoms with Crippen LogP contribution in [0.25, 0.3) is 0 Å². The molecular weight excluding hydrogens is 336 g/mol. The highest BCUT2D eigenvalue weighted by atomic mass is 35.5. The van der Waals surface area contributed by atoms with Crippen LogP contribution in [0.1, 0.15) is 0 Å². The van der Waals surface area contributed by atoms with E-state index < -0.39 is 24.6 Å². The van der Waals surface area contributed by atoms with Gasteiger partial charge >= 0.3 is 5.97 Å². The topological polar surface area (TPSA) is 86.8 Å². The molecule has 1 N–H and O–H groups in total. The number of ether oxygens (including phenoxy) is 3. The summed E-state index contributed by atoms with van der Waals surface area (Å²) in [5.74, 6) is -0.199. The first-order chi connectivity index (χ1) is 11.6. The standard InChI is InChI=1S/C16H13ClN2O5/c17-15-10(4-3-7-18-15)19-14(20)9-23-16(21)13-8-22-11-5-1-2-6-12(11)24-13/h1-7,13H,8-9H2,(H,19,20)/t13-/m0/s1. The number of benzene rings is 1.